The molecule has 0 amide bonds. The summed E-state index contributed by atoms with van der Waals surface area (Å²) in [6, 6.07) is 0. The zero-order valence-electron chi connectivity index (χ0n) is 7.42. The fourth-order valence-corrected chi connectivity index (χ4v) is 1.32. The highest BCUT2D eigenvalue weighted by molar-refractivity contribution is 14.1. The summed E-state index contributed by atoms with van der Waals surface area (Å²) < 4.78 is 0.505. The lowest BCUT2D eigenvalue weighted by atomic mass is 9.92. The zero-order valence-corrected chi connectivity index (χ0v) is 9.58. The lowest BCUT2D eigenvalue weighted by Gasteiger charge is -2.24. The Bertz CT molecular complexity index is 123. The van der Waals surface area contributed by atoms with Crippen LogP contribution in [-0.4, -0.2) is 15.1 Å². The smallest absolute Gasteiger partial charge is 0.0635 e. The van der Waals surface area contributed by atoms with Crippen molar-refractivity contribution in [1.29, 1.82) is 0 Å². The number of hydrogen-bond acceptors (Lipinski definition) is 1. The van der Waals surface area contributed by atoms with E-state index in [0.717, 1.165) is 0 Å². The molecule has 2 heteroatoms. The molecule has 11 heavy (non-hydrogen) atoms. The molecule has 0 aromatic rings. The number of hydrogen-bond donors (Lipinski definition) is 1. The van der Waals surface area contributed by atoms with Crippen molar-refractivity contribution in [1.82, 2.24) is 0 Å². The predicted octanol–water partition coefficient (Wildman–Crippen LogP) is 2.63. The minimum absolute atomic E-state index is 0.196. The molecule has 1 nitrogen and oxygen atoms in total. The van der Waals surface area contributed by atoms with Gasteiger partial charge < -0.3 is 5.11 Å². The molecule has 4 atom stereocenters. The van der Waals surface area contributed by atoms with Crippen molar-refractivity contribution in [2.45, 2.75) is 30.8 Å². The Morgan fingerprint density at radius 3 is 2.09 bits per heavy atom. The number of aliphatic hydroxyl groups is 1. The lowest BCUT2D eigenvalue weighted by molar-refractivity contribution is 0.0857. The predicted molar refractivity (Wildman–Crippen MR) is 58.0 cm³/mol. The molecule has 0 aliphatic carbocycles. The first-order valence-electron chi connectivity index (χ1n) is 3.95. The van der Waals surface area contributed by atoms with Gasteiger partial charge in [-0.1, -0.05) is 49.4 Å². The number of rotatable bonds is 4. The minimum Gasteiger partial charge on any atom is -0.392 e. The molecule has 66 valence electrons. The van der Waals surface area contributed by atoms with E-state index in [0.29, 0.717) is 9.84 Å². The van der Waals surface area contributed by atoms with Crippen LogP contribution in [0.15, 0.2) is 12.7 Å². The standard InChI is InChI=1S/C9H17IO/c1-5-6(2)9(11)7(3)8(4)10/h5-9,11H,1H2,2-4H3. The van der Waals surface area contributed by atoms with Gasteiger partial charge in [-0.2, -0.15) is 0 Å². The highest BCUT2D eigenvalue weighted by Gasteiger charge is 2.21. The summed E-state index contributed by atoms with van der Waals surface area (Å²) in [5, 5.41) is 9.68. The van der Waals surface area contributed by atoms with Gasteiger partial charge in [0.1, 0.15) is 0 Å². The highest BCUT2D eigenvalue weighted by Crippen LogP contribution is 2.21. The van der Waals surface area contributed by atoms with Crippen LogP contribution in [0.5, 0.6) is 0 Å². The molecule has 0 heterocycles. The molecule has 0 radical (unpaired) electrons. The second kappa shape index (κ2) is 5.14. The second-order valence-electron chi connectivity index (χ2n) is 3.12. The van der Waals surface area contributed by atoms with Gasteiger partial charge in [0.15, 0.2) is 0 Å². The van der Waals surface area contributed by atoms with Gasteiger partial charge in [0, 0.05) is 3.92 Å². The van der Waals surface area contributed by atoms with Crippen molar-refractivity contribution >= 4 is 22.6 Å². The molecular formula is C9H17IO. The maximum Gasteiger partial charge on any atom is 0.0635 e. The summed E-state index contributed by atoms with van der Waals surface area (Å²) in [5.41, 5.74) is 0. The molecule has 0 aliphatic heterocycles. The van der Waals surface area contributed by atoms with Crippen LogP contribution in [0.4, 0.5) is 0 Å². The van der Waals surface area contributed by atoms with E-state index < -0.39 is 0 Å². The monoisotopic (exact) mass is 268 g/mol. The molecule has 0 aliphatic rings. The molecule has 1 N–H and O–H groups in total. The minimum atomic E-state index is -0.251. The van der Waals surface area contributed by atoms with Gasteiger partial charge >= 0.3 is 0 Å². The first-order valence-corrected chi connectivity index (χ1v) is 5.20. The number of halogens is 1. The Kier molecular flexibility index (Phi) is 5.34. The van der Waals surface area contributed by atoms with E-state index in [9.17, 15) is 5.11 Å². The van der Waals surface area contributed by atoms with Crippen LogP contribution in [0, 0.1) is 11.8 Å². The highest BCUT2D eigenvalue weighted by atomic mass is 127. The Morgan fingerprint density at radius 1 is 1.36 bits per heavy atom. The van der Waals surface area contributed by atoms with Gasteiger partial charge in [0.05, 0.1) is 6.10 Å². The van der Waals surface area contributed by atoms with E-state index in [-0.39, 0.29) is 12.0 Å². The second-order valence-corrected chi connectivity index (χ2v) is 5.09. The summed E-state index contributed by atoms with van der Waals surface area (Å²) in [6.45, 7) is 9.84. The Morgan fingerprint density at radius 2 is 1.82 bits per heavy atom. The summed E-state index contributed by atoms with van der Waals surface area (Å²) in [6.07, 6.45) is 1.56. The first kappa shape index (κ1) is 11.4. The molecule has 0 rings (SSSR count). The van der Waals surface area contributed by atoms with Crippen LogP contribution in [0.25, 0.3) is 0 Å². The normalized spacial score (nSPS) is 21.9. The van der Waals surface area contributed by atoms with Crippen molar-refractivity contribution in [3.63, 3.8) is 0 Å². The Labute approximate surface area is 83.0 Å². The summed E-state index contributed by atoms with van der Waals surface area (Å²) in [5.74, 6) is 0.533. The van der Waals surface area contributed by atoms with Gasteiger partial charge in [-0.05, 0) is 11.8 Å². The SMILES string of the molecule is C=CC(C)C(O)C(C)C(C)I. The lowest BCUT2D eigenvalue weighted by Crippen LogP contribution is -2.29. The average molecular weight is 268 g/mol. The van der Waals surface area contributed by atoms with Crippen molar-refractivity contribution < 1.29 is 5.11 Å². The molecule has 0 saturated carbocycles. The number of alkyl halides is 1. The third-order valence-electron chi connectivity index (χ3n) is 2.17. The zero-order chi connectivity index (χ0) is 9.02. The van der Waals surface area contributed by atoms with E-state index in [2.05, 4.69) is 43.0 Å². The molecule has 0 aromatic carbocycles. The van der Waals surface area contributed by atoms with Crippen LogP contribution in [0.1, 0.15) is 20.8 Å². The van der Waals surface area contributed by atoms with E-state index in [1.54, 1.807) is 6.08 Å². The maximum absolute atomic E-state index is 9.68. The quantitative estimate of drug-likeness (QED) is 0.472. The van der Waals surface area contributed by atoms with E-state index >= 15 is 0 Å². The Hall–Kier alpha value is 0.430. The van der Waals surface area contributed by atoms with Crippen LogP contribution in [0.3, 0.4) is 0 Å². The Balaban J connectivity index is 4.00. The summed E-state index contributed by atoms with van der Waals surface area (Å²) in [4.78, 5) is 0. The van der Waals surface area contributed by atoms with Crippen LogP contribution in [0.2, 0.25) is 0 Å². The van der Waals surface area contributed by atoms with Crippen molar-refractivity contribution in [3.8, 4) is 0 Å². The van der Waals surface area contributed by atoms with Crippen LogP contribution < -0.4 is 0 Å². The van der Waals surface area contributed by atoms with Gasteiger partial charge in [0.2, 0.25) is 0 Å². The number of aliphatic hydroxyl groups excluding tert-OH is 1. The molecule has 0 spiro atoms. The van der Waals surface area contributed by atoms with Crippen molar-refractivity contribution in [2.24, 2.45) is 11.8 Å². The molecule has 4 unspecified atom stereocenters. The summed E-state index contributed by atoms with van der Waals surface area (Å²) in [7, 11) is 0. The van der Waals surface area contributed by atoms with Gasteiger partial charge in [0.25, 0.3) is 0 Å². The largest absolute Gasteiger partial charge is 0.392 e. The fraction of sp³-hybridized carbons (Fsp3) is 0.778. The van der Waals surface area contributed by atoms with Gasteiger partial charge in [-0.15, -0.1) is 6.58 Å². The maximum atomic E-state index is 9.68. The first-order chi connectivity index (χ1) is 5.00. The average Bonchev–Trinajstić information content (AvgIpc) is 2.00. The fourth-order valence-electron chi connectivity index (χ4n) is 0.890. The molecule has 0 saturated heterocycles. The van der Waals surface area contributed by atoms with Crippen LogP contribution in [-0.2, 0) is 0 Å². The molecule has 0 aromatic heterocycles. The van der Waals surface area contributed by atoms with Gasteiger partial charge in [-0.3, -0.25) is 0 Å². The molecule has 0 bridgehead atoms. The third kappa shape index (κ3) is 3.56. The topological polar surface area (TPSA) is 20.2 Å². The molecule has 0 fully saturated rings. The van der Waals surface area contributed by atoms with E-state index in [4.69, 9.17) is 0 Å². The van der Waals surface area contributed by atoms with E-state index in [1.807, 2.05) is 6.92 Å². The van der Waals surface area contributed by atoms with E-state index in [1.165, 1.54) is 0 Å². The van der Waals surface area contributed by atoms with Crippen molar-refractivity contribution in [2.75, 3.05) is 0 Å². The summed E-state index contributed by atoms with van der Waals surface area (Å²) >= 11 is 2.34. The third-order valence-corrected chi connectivity index (χ3v) is 3.31. The molecular weight excluding hydrogens is 251 g/mol. The van der Waals surface area contributed by atoms with Crippen LogP contribution >= 0.6 is 22.6 Å². The van der Waals surface area contributed by atoms with Crippen molar-refractivity contribution in [3.05, 3.63) is 12.7 Å². The van der Waals surface area contributed by atoms with Gasteiger partial charge in [-0.25, -0.2) is 0 Å².